The van der Waals surface area contributed by atoms with Gasteiger partial charge in [0.2, 0.25) is 0 Å². The molecule has 0 saturated carbocycles. The lowest BCUT2D eigenvalue weighted by atomic mass is 10.2. The van der Waals surface area contributed by atoms with Crippen LogP contribution in [0, 0.1) is 0 Å². The van der Waals surface area contributed by atoms with E-state index in [1.54, 1.807) is 36.3 Å². The zero-order valence-corrected chi connectivity index (χ0v) is 17.6. The van der Waals surface area contributed by atoms with Crippen molar-refractivity contribution in [2.24, 2.45) is 0 Å². The number of benzene rings is 2. The van der Waals surface area contributed by atoms with E-state index in [4.69, 9.17) is 9.47 Å². The van der Waals surface area contributed by atoms with Crippen LogP contribution in [-0.2, 0) is 4.74 Å². The fourth-order valence-electron chi connectivity index (χ4n) is 3.33. The number of piperazine rings is 1. The molecule has 7 nitrogen and oxygen atoms in total. The lowest BCUT2D eigenvalue weighted by Crippen LogP contribution is -2.50. The van der Waals surface area contributed by atoms with Crippen molar-refractivity contribution < 1.29 is 19.1 Å². The largest absolute Gasteiger partial charge is 0.495 e. The number of hydrogen-bond acceptors (Lipinski definition) is 5. The molecule has 1 aliphatic rings. The molecule has 0 atom stereocenters. The Kier molecular flexibility index (Phi) is 7.54. The summed E-state index contributed by atoms with van der Waals surface area (Å²) in [7, 11) is 1.67. The minimum Gasteiger partial charge on any atom is -0.495 e. The van der Waals surface area contributed by atoms with Crippen LogP contribution in [-0.4, -0.2) is 56.8 Å². The van der Waals surface area contributed by atoms with Crippen molar-refractivity contribution in [3.63, 3.8) is 0 Å². The summed E-state index contributed by atoms with van der Waals surface area (Å²) in [6.07, 6.45) is 1.83. The van der Waals surface area contributed by atoms with Crippen molar-refractivity contribution in [1.82, 2.24) is 4.90 Å². The molecule has 1 heterocycles. The van der Waals surface area contributed by atoms with E-state index in [-0.39, 0.29) is 12.0 Å². The van der Waals surface area contributed by atoms with Crippen molar-refractivity contribution in [3.05, 3.63) is 54.1 Å². The van der Waals surface area contributed by atoms with Crippen molar-refractivity contribution in [3.8, 4) is 5.75 Å². The third-order valence-corrected chi connectivity index (χ3v) is 5.10. The Morgan fingerprint density at radius 2 is 1.70 bits per heavy atom. The predicted octanol–water partition coefficient (Wildman–Crippen LogP) is 4.01. The summed E-state index contributed by atoms with van der Waals surface area (Å²) >= 11 is 0. The van der Waals surface area contributed by atoms with Gasteiger partial charge in [-0.2, -0.15) is 0 Å². The molecular formula is C23H29N3O4. The SMILES string of the molecule is CCCCOC(=O)c1ccc(NC(=O)N2CCN(c3ccccc3OC)CC2)cc1. The number of para-hydroxylation sites is 2. The first kappa shape index (κ1) is 21.5. The lowest BCUT2D eigenvalue weighted by Gasteiger charge is -2.36. The zero-order chi connectivity index (χ0) is 21.3. The van der Waals surface area contributed by atoms with E-state index < -0.39 is 0 Å². The Morgan fingerprint density at radius 3 is 2.37 bits per heavy atom. The van der Waals surface area contributed by atoms with Crippen LogP contribution in [0.3, 0.4) is 0 Å². The first-order valence-corrected chi connectivity index (χ1v) is 10.3. The lowest BCUT2D eigenvalue weighted by molar-refractivity contribution is 0.0500. The van der Waals surface area contributed by atoms with Crippen molar-refractivity contribution in [2.75, 3.05) is 50.1 Å². The summed E-state index contributed by atoms with van der Waals surface area (Å²) in [5, 5.41) is 2.90. The van der Waals surface area contributed by atoms with Crippen LogP contribution in [0.1, 0.15) is 30.1 Å². The summed E-state index contributed by atoms with van der Waals surface area (Å²) in [6.45, 7) is 5.17. The van der Waals surface area contributed by atoms with E-state index >= 15 is 0 Å². The van der Waals surface area contributed by atoms with Gasteiger partial charge in [0.25, 0.3) is 0 Å². The molecule has 1 aliphatic heterocycles. The second-order valence-electron chi connectivity index (χ2n) is 7.14. The number of methoxy groups -OCH3 is 1. The van der Waals surface area contributed by atoms with Crippen molar-refractivity contribution in [2.45, 2.75) is 19.8 Å². The smallest absolute Gasteiger partial charge is 0.338 e. The van der Waals surface area contributed by atoms with E-state index in [0.717, 1.165) is 37.4 Å². The number of ether oxygens (including phenoxy) is 2. The number of carbonyl (C=O) groups is 2. The van der Waals surface area contributed by atoms with Gasteiger partial charge in [0.1, 0.15) is 5.75 Å². The Labute approximate surface area is 177 Å². The van der Waals surface area contributed by atoms with E-state index in [0.29, 0.717) is 30.9 Å². The molecule has 1 N–H and O–H groups in total. The zero-order valence-electron chi connectivity index (χ0n) is 17.6. The minimum absolute atomic E-state index is 0.145. The van der Waals surface area contributed by atoms with E-state index in [1.807, 2.05) is 31.2 Å². The molecule has 3 rings (SSSR count). The Morgan fingerprint density at radius 1 is 1.00 bits per heavy atom. The van der Waals surface area contributed by atoms with E-state index in [9.17, 15) is 9.59 Å². The van der Waals surface area contributed by atoms with E-state index in [1.165, 1.54) is 0 Å². The van der Waals surface area contributed by atoms with Crippen LogP contribution in [0.2, 0.25) is 0 Å². The second-order valence-corrected chi connectivity index (χ2v) is 7.14. The maximum Gasteiger partial charge on any atom is 0.338 e. The highest BCUT2D eigenvalue weighted by Gasteiger charge is 2.23. The molecule has 0 unspecified atom stereocenters. The molecule has 7 heteroatoms. The summed E-state index contributed by atoms with van der Waals surface area (Å²) in [5.41, 5.74) is 2.17. The van der Waals surface area contributed by atoms with Crippen molar-refractivity contribution >= 4 is 23.4 Å². The highest BCUT2D eigenvalue weighted by atomic mass is 16.5. The Hall–Kier alpha value is -3.22. The molecule has 0 aromatic heterocycles. The van der Waals surface area contributed by atoms with Crippen LogP contribution in [0.15, 0.2) is 48.5 Å². The Balaban J connectivity index is 1.50. The standard InChI is InChI=1S/C23H29N3O4/c1-3-4-17-30-22(27)18-9-11-19(12-10-18)24-23(28)26-15-13-25(14-16-26)20-7-5-6-8-21(20)29-2/h5-12H,3-4,13-17H2,1-2H3,(H,24,28). The van der Waals surface area contributed by atoms with Gasteiger partial charge in [-0.1, -0.05) is 25.5 Å². The van der Waals surface area contributed by atoms with Crippen LogP contribution in [0.4, 0.5) is 16.2 Å². The number of hydrogen-bond donors (Lipinski definition) is 1. The number of esters is 1. The molecule has 1 saturated heterocycles. The number of carbonyl (C=O) groups excluding carboxylic acids is 2. The molecule has 0 radical (unpaired) electrons. The summed E-state index contributed by atoms with van der Waals surface area (Å²) in [4.78, 5) is 28.6. The van der Waals surface area contributed by atoms with Crippen LogP contribution >= 0.6 is 0 Å². The molecule has 0 spiro atoms. The number of anilines is 2. The highest BCUT2D eigenvalue weighted by Crippen LogP contribution is 2.28. The van der Waals surface area contributed by atoms with Gasteiger partial charge in [-0.3, -0.25) is 0 Å². The van der Waals surface area contributed by atoms with Crippen LogP contribution in [0.5, 0.6) is 5.75 Å². The number of nitrogens with zero attached hydrogens (tertiary/aromatic N) is 2. The highest BCUT2D eigenvalue weighted by molar-refractivity contribution is 5.92. The molecule has 160 valence electrons. The molecule has 0 aliphatic carbocycles. The van der Waals surface area contributed by atoms with Gasteiger partial charge in [-0.25, -0.2) is 9.59 Å². The van der Waals surface area contributed by atoms with Gasteiger partial charge in [0.15, 0.2) is 0 Å². The van der Waals surface area contributed by atoms with Gasteiger partial charge >= 0.3 is 12.0 Å². The number of nitrogens with one attached hydrogen (secondary N) is 1. The normalized spacial score (nSPS) is 13.7. The minimum atomic E-state index is -0.339. The van der Waals surface area contributed by atoms with Crippen LogP contribution in [0.25, 0.3) is 0 Å². The van der Waals surface area contributed by atoms with Crippen molar-refractivity contribution in [1.29, 1.82) is 0 Å². The van der Waals surface area contributed by atoms with Gasteiger partial charge in [-0.05, 0) is 42.8 Å². The topological polar surface area (TPSA) is 71.1 Å². The summed E-state index contributed by atoms with van der Waals surface area (Å²) in [5.74, 6) is 0.498. The third-order valence-electron chi connectivity index (χ3n) is 5.10. The first-order chi connectivity index (χ1) is 14.6. The molecule has 2 amide bonds. The van der Waals surface area contributed by atoms with Gasteiger partial charge in [0, 0.05) is 31.9 Å². The fourth-order valence-corrected chi connectivity index (χ4v) is 3.33. The van der Waals surface area contributed by atoms with Gasteiger partial charge in [0.05, 0.1) is 25.0 Å². The summed E-state index contributed by atoms with van der Waals surface area (Å²) < 4.78 is 10.6. The summed E-state index contributed by atoms with van der Waals surface area (Å²) in [6, 6.07) is 14.5. The Bertz CT molecular complexity index is 846. The second kappa shape index (κ2) is 10.5. The maximum absolute atomic E-state index is 12.6. The number of unbranched alkanes of at least 4 members (excludes halogenated alkanes) is 1. The molecule has 30 heavy (non-hydrogen) atoms. The average Bonchev–Trinajstić information content (AvgIpc) is 2.79. The van der Waals surface area contributed by atoms with Gasteiger partial charge < -0.3 is 24.6 Å². The fraction of sp³-hybridized carbons (Fsp3) is 0.391. The maximum atomic E-state index is 12.6. The molecule has 2 aromatic carbocycles. The molecule has 0 bridgehead atoms. The molecule has 2 aromatic rings. The van der Waals surface area contributed by atoms with Crippen LogP contribution < -0.4 is 15.0 Å². The first-order valence-electron chi connectivity index (χ1n) is 10.3. The van der Waals surface area contributed by atoms with E-state index in [2.05, 4.69) is 10.2 Å². The molecular weight excluding hydrogens is 382 g/mol. The quantitative estimate of drug-likeness (QED) is 0.551. The average molecular weight is 412 g/mol. The molecule has 1 fully saturated rings. The van der Waals surface area contributed by atoms with Gasteiger partial charge in [-0.15, -0.1) is 0 Å². The number of urea groups is 1. The number of amides is 2. The monoisotopic (exact) mass is 411 g/mol. The predicted molar refractivity (Wildman–Crippen MR) is 117 cm³/mol. The number of rotatable bonds is 7. The third kappa shape index (κ3) is 5.43.